The number of nitrogens with zero attached hydrogens (tertiary/aromatic N) is 2. The highest BCUT2D eigenvalue weighted by Crippen LogP contribution is 2.50. The molecule has 3 aliphatic rings. The molecule has 5 atom stereocenters. The number of pyridine rings is 1. The zero-order valence-corrected chi connectivity index (χ0v) is 26.7. The number of ether oxygens (including phenoxy) is 1. The van der Waals surface area contributed by atoms with Crippen molar-refractivity contribution in [2.45, 2.75) is 50.3 Å². The van der Waals surface area contributed by atoms with Gasteiger partial charge in [-0.15, -0.1) is 6.58 Å². The van der Waals surface area contributed by atoms with Crippen molar-refractivity contribution < 1.29 is 31.7 Å². The Bertz CT molecular complexity index is 1870. The Morgan fingerprint density at radius 2 is 1.87 bits per heavy atom. The van der Waals surface area contributed by atoms with Gasteiger partial charge >= 0.3 is 0 Å². The fraction of sp³-hybridized carbons (Fsp3) is 0.333. The summed E-state index contributed by atoms with van der Waals surface area (Å²) in [6.07, 6.45) is 5.13. The molecule has 1 aromatic heterocycles. The lowest BCUT2D eigenvalue weighted by Gasteiger charge is -2.58. The smallest absolute Gasteiger partial charge is 0.297 e. The standard InChI is InChI=1S/C36H38N2O6S/c1-5-25-20-38(21-27-16-24(3)17-28(22-39)35(27)40)15-13-26(25)18-34(38)36(44-45(41,42)30-9-6-23(2)7-10-30)31-12-14-37-33-11-8-29(43-4)19-32(31)33/h5-12,14,16-17,19,22,25-26,34,36H,1,13,15,18,20-21H2,2-4H3/p+1/t25?,26?,34-,36+,38?/m1/s1. The van der Waals surface area contributed by atoms with Gasteiger partial charge in [0, 0.05) is 35.9 Å². The molecule has 234 valence electrons. The number of methoxy groups -OCH3 is 1. The first-order valence-corrected chi connectivity index (χ1v) is 16.7. The third-order valence-corrected chi connectivity index (χ3v) is 11.1. The van der Waals surface area contributed by atoms with E-state index in [0.29, 0.717) is 58.6 Å². The van der Waals surface area contributed by atoms with Gasteiger partial charge in [-0.25, -0.2) is 0 Å². The summed E-state index contributed by atoms with van der Waals surface area (Å²) in [6.45, 7) is 9.83. The Hall–Kier alpha value is -4.05. The number of aldehydes is 1. The lowest BCUT2D eigenvalue weighted by molar-refractivity contribution is -0.984. The number of rotatable bonds is 10. The highest BCUT2D eigenvalue weighted by molar-refractivity contribution is 7.86. The van der Waals surface area contributed by atoms with Crippen molar-refractivity contribution >= 4 is 27.3 Å². The minimum Gasteiger partial charge on any atom is -0.507 e. The summed E-state index contributed by atoms with van der Waals surface area (Å²) in [5.74, 6) is 1.12. The molecule has 3 unspecified atom stereocenters. The van der Waals surface area contributed by atoms with Crippen LogP contribution in [-0.2, 0) is 20.8 Å². The van der Waals surface area contributed by atoms with E-state index in [-0.39, 0.29) is 28.2 Å². The maximum absolute atomic E-state index is 14.0. The van der Waals surface area contributed by atoms with Crippen molar-refractivity contribution in [1.29, 1.82) is 0 Å². The second-order valence-electron chi connectivity index (χ2n) is 12.6. The minimum atomic E-state index is -4.20. The van der Waals surface area contributed by atoms with Gasteiger partial charge in [-0.3, -0.25) is 14.0 Å². The molecule has 45 heavy (non-hydrogen) atoms. The van der Waals surface area contributed by atoms with Crippen molar-refractivity contribution in [2.75, 3.05) is 20.2 Å². The van der Waals surface area contributed by atoms with Crippen LogP contribution in [0.1, 0.15) is 51.6 Å². The normalized spacial score (nSPS) is 23.5. The topological polar surface area (TPSA) is 103 Å². The Balaban J connectivity index is 1.54. The number of hydrogen-bond donors (Lipinski definition) is 1. The molecule has 3 saturated heterocycles. The Labute approximate surface area is 264 Å². The Kier molecular flexibility index (Phi) is 8.28. The highest BCUT2D eigenvalue weighted by atomic mass is 32.2. The molecule has 8 nitrogen and oxygen atoms in total. The van der Waals surface area contributed by atoms with E-state index >= 15 is 0 Å². The van der Waals surface area contributed by atoms with Crippen molar-refractivity contribution in [2.24, 2.45) is 11.8 Å². The first-order chi connectivity index (χ1) is 21.6. The average molecular weight is 628 g/mol. The number of carbonyl (C=O) groups is 1. The number of hydrogen-bond acceptors (Lipinski definition) is 7. The molecule has 0 amide bonds. The number of benzene rings is 3. The maximum Gasteiger partial charge on any atom is 0.297 e. The summed E-state index contributed by atoms with van der Waals surface area (Å²) in [5.41, 5.74) is 4.13. The van der Waals surface area contributed by atoms with E-state index in [0.717, 1.165) is 29.5 Å². The number of aromatic nitrogens is 1. The molecule has 3 fully saturated rings. The Morgan fingerprint density at radius 3 is 2.58 bits per heavy atom. The molecule has 0 aliphatic carbocycles. The maximum atomic E-state index is 14.0. The van der Waals surface area contributed by atoms with E-state index in [1.165, 1.54) is 0 Å². The third kappa shape index (κ3) is 5.76. The molecule has 3 aromatic carbocycles. The lowest BCUT2D eigenvalue weighted by Crippen LogP contribution is -2.67. The van der Waals surface area contributed by atoms with Gasteiger partial charge in [0.2, 0.25) is 0 Å². The summed E-state index contributed by atoms with van der Waals surface area (Å²) < 4.78 is 40.5. The van der Waals surface area contributed by atoms with Gasteiger partial charge in [-0.2, -0.15) is 8.42 Å². The van der Waals surface area contributed by atoms with E-state index in [1.54, 1.807) is 43.6 Å². The predicted octanol–water partition coefficient (Wildman–Crippen LogP) is 6.44. The van der Waals surface area contributed by atoms with Crippen molar-refractivity contribution in [3.8, 4) is 11.5 Å². The lowest BCUT2D eigenvalue weighted by atomic mass is 9.71. The van der Waals surface area contributed by atoms with E-state index in [1.807, 2.05) is 50.3 Å². The molecule has 4 heterocycles. The molecule has 0 spiro atoms. The molecule has 0 radical (unpaired) electrons. The van der Waals surface area contributed by atoms with Crippen LogP contribution in [0.5, 0.6) is 11.5 Å². The van der Waals surface area contributed by atoms with Crippen LogP contribution in [0.4, 0.5) is 0 Å². The quantitative estimate of drug-likeness (QED) is 0.0935. The summed E-state index contributed by atoms with van der Waals surface area (Å²) in [5, 5.41) is 11.9. The fourth-order valence-corrected chi connectivity index (χ4v) is 8.62. The van der Waals surface area contributed by atoms with Crippen LogP contribution < -0.4 is 4.74 Å². The number of phenols is 1. The molecular formula is C36H39N2O6S+. The number of fused-ring (bicyclic) bond motifs is 4. The zero-order valence-electron chi connectivity index (χ0n) is 25.8. The van der Waals surface area contributed by atoms with Crippen LogP contribution in [0.15, 0.2) is 84.4 Å². The third-order valence-electron chi connectivity index (χ3n) is 9.83. The van der Waals surface area contributed by atoms with Gasteiger partial charge in [0.15, 0.2) is 12.4 Å². The second-order valence-corrected chi connectivity index (χ2v) is 14.2. The van der Waals surface area contributed by atoms with Gasteiger partial charge in [0.1, 0.15) is 24.1 Å². The highest BCUT2D eigenvalue weighted by Gasteiger charge is 2.56. The minimum absolute atomic E-state index is 0.0338. The van der Waals surface area contributed by atoms with Gasteiger partial charge < -0.3 is 14.3 Å². The first kappa shape index (κ1) is 31.0. The van der Waals surface area contributed by atoms with Crippen LogP contribution in [0.2, 0.25) is 0 Å². The van der Waals surface area contributed by atoms with Gasteiger partial charge in [0.25, 0.3) is 10.1 Å². The van der Waals surface area contributed by atoms with Gasteiger partial charge in [0.05, 0.1) is 36.2 Å². The molecular weight excluding hydrogens is 588 g/mol. The number of carbonyl (C=O) groups excluding carboxylic acids is 1. The molecule has 3 aliphatic heterocycles. The summed E-state index contributed by atoms with van der Waals surface area (Å²) in [6, 6.07) is 17.4. The summed E-state index contributed by atoms with van der Waals surface area (Å²) >= 11 is 0. The molecule has 4 aromatic rings. The van der Waals surface area contributed by atoms with E-state index < -0.39 is 16.2 Å². The van der Waals surface area contributed by atoms with E-state index in [9.17, 15) is 18.3 Å². The molecule has 9 heteroatoms. The van der Waals surface area contributed by atoms with Crippen LogP contribution in [0, 0.1) is 25.7 Å². The van der Waals surface area contributed by atoms with Crippen LogP contribution in [-0.4, -0.2) is 55.5 Å². The summed E-state index contributed by atoms with van der Waals surface area (Å²) in [7, 11) is -2.60. The second kappa shape index (κ2) is 12.0. The molecule has 7 rings (SSSR count). The summed E-state index contributed by atoms with van der Waals surface area (Å²) in [4.78, 5) is 16.5. The number of piperidine rings is 3. The predicted molar refractivity (Wildman–Crippen MR) is 173 cm³/mol. The van der Waals surface area contributed by atoms with Crippen molar-refractivity contribution in [1.82, 2.24) is 4.98 Å². The molecule has 0 saturated carbocycles. The van der Waals surface area contributed by atoms with Crippen LogP contribution >= 0.6 is 0 Å². The van der Waals surface area contributed by atoms with Crippen molar-refractivity contribution in [3.05, 3.63) is 107 Å². The number of quaternary nitrogens is 1. The number of phenolic OH excluding ortho intramolecular Hbond substituents is 1. The SMILES string of the molecule is C=CC1C[N+]2(Cc3cc(C)cc(C=O)c3O)CCC1C[C@@H]2[C@@H](OS(=O)(=O)c1ccc(C)cc1)c1ccnc2ccc(OC)cc12. The molecule has 2 bridgehead atoms. The van der Waals surface area contributed by atoms with Gasteiger partial charge in [-0.05, 0) is 79.4 Å². The largest absolute Gasteiger partial charge is 0.507 e. The van der Waals surface area contributed by atoms with Crippen LogP contribution in [0.3, 0.4) is 0 Å². The van der Waals surface area contributed by atoms with E-state index in [4.69, 9.17) is 8.92 Å². The zero-order chi connectivity index (χ0) is 31.9. The monoisotopic (exact) mass is 627 g/mol. The fourth-order valence-electron chi connectivity index (χ4n) is 7.54. The van der Waals surface area contributed by atoms with Crippen LogP contribution in [0.25, 0.3) is 10.9 Å². The van der Waals surface area contributed by atoms with Crippen molar-refractivity contribution in [3.63, 3.8) is 0 Å². The van der Waals surface area contributed by atoms with Gasteiger partial charge in [-0.1, -0.05) is 23.8 Å². The Morgan fingerprint density at radius 1 is 1.09 bits per heavy atom. The average Bonchev–Trinajstić information content (AvgIpc) is 3.04. The number of aryl methyl sites for hydroxylation is 2. The number of aromatic hydroxyl groups is 1. The first-order valence-electron chi connectivity index (χ1n) is 15.3. The molecule has 1 N–H and O–H groups in total. The van der Waals surface area contributed by atoms with E-state index in [2.05, 4.69) is 11.6 Å².